The van der Waals surface area contributed by atoms with Crippen molar-refractivity contribution in [3.8, 4) is 16.9 Å². The zero-order chi connectivity index (χ0) is 22.9. The standard InChI is InChI=1S/C28H24N2O3/c1-19-7-3-5-9-24(19)25-14-11-20(15-27(25)33-2)28(32)30-17-22-12-13-23(18-31)29(22)16-21-8-4-6-10-26(21)30/h3-15,18H,16-17H2,1-2H3. The molecule has 0 spiro atoms. The number of aromatic nitrogens is 1. The van der Waals surface area contributed by atoms with E-state index in [4.69, 9.17) is 4.74 Å². The summed E-state index contributed by atoms with van der Waals surface area (Å²) in [5.41, 5.74) is 7.10. The van der Waals surface area contributed by atoms with Gasteiger partial charge >= 0.3 is 0 Å². The molecular formula is C28H24N2O3. The number of anilines is 1. The number of carbonyl (C=O) groups is 2. The molecule has 0 saturated heterocycles. The van der Waals surface area contributed by atoms with Gasteiger partial charge in [0.15, 0.2) is 6.29 Å². The topological polar surface area (TPSA) is 51.5 Å². The molecule has 0 fully saturated rings. The van der Waals surface area contributed by atoms with Crippen molar-refractivity contribution in [1.82, 2.24) is 4.57 Å². The minimum Gasteiger partial charge on any atom is -0.496 e. The number of ether oxygens (including phenoxy) is 1. The molecule has 0 atom stereocenters. The summed E-state index contributed by atoms with van der Waals surface area (Å²) in [5.74, 6) is 0.546. The minimum absolute atomic E-state index is 0.112. The Kier molecular flexibility index (Phi) is 5.31. The first-order chi connectivity index (χ1) is 16.1. The van der Waals surface area contributed by atoms with Crippen LogP contribution in [0.4, 0.5) is 5.69 Å². The number of amides is 1. The molecule has 3 aromatic carbocycles. The smallest absolute Gasteiger partial charge is 0.258 e. The van der Waals surface area contributed by atoms with Crippen LogP contribution in [0.1, 0.15) is 37.7 Å². The number of aryl methyl sites for hydroxylation is 1. The van der Waals surface area contributed by atoms with Gasteiger partial charge in [-0.2, -0.15) is 0 Å². The maximum Gasteiger partial charge on any atom is 0.258 e. The van der Waals surface area contributed by atoms with E-state index in [1.165, 1.54) is 0 Å². The molecule has 2 heterocycles. The number of hydrogen-bond acceptors (Lipinski definition) is 3. The number of rotatable bonds is 4. The normalized spacial score (nSPS) is 12.5. The molecule has 33 heavy (non-hydrogen) atoms. The van der Waals surface area contributed by atoms with Crippen LogP contribution in [0.5, 0.6) is 5.75 Å². The van der Waals surface area contributed by atoms with Crippen LogP contribution >= 0.6 is 0 Å². The Morgan fingerprint density at radius 3 is 2.48 bits per heavy atom. The fourth-order valence-electron chi connectivity index (χ4n) is 4.55. The van der Waals surface area contributed by atoms with Gasteiger partial charge in [0.05, 0.1) is 25.9 Å². The van der Waals surface area contributed by atoms with Crippen molar-refractivity contribution < 1.29 is 14.3 Å². The second kappa shape index (κ2) is 8.43. The number of fused-ring (bicyclic) bond motifs is 2. The first-order valence-electron chi connectivity index (χ1n) is 10.9. The molecule has 1 amide bonds. The molecule has 1 aromatic heterocycles. The van der Waals surface area contributed by atoms with E-state index in [-0.39, 0.29) is 5.91 Å². The van der Waals surface area contributed by atoms with Gasteiger partial charge in [-0.3, -0.25) is 9.59 Å². The van der Waals surface area contributed by atoms with E-state index in [1.54, 1.807) is 18.1 Å². The fraction of sp³-hybridized carbons (Fsp3) is 0.143. The lowest BCUT2D eigenvalue weighted by Gasteiger charge is -2.23. The van der Waals surface area contributed by atoms with Crippen molar-refractivity contribution in [3.05, 3.63) is 107 Å². The van der Waals surface area contributed by atoms with Gasteiger partial charge in [0.2, 0.25) is 0 Å². The predicted octanol–water partition coefficient (Wildman–Crippen LogP) is 5.49. The lowest BCUT2D eigenvalue weighted by molar-refractivity contribution is 0.0984. The number of para-hydroxylation sites is 1. The zero-order valence-electron chi connectivity index (χ0n) is 18.6. The minimum atomic E-state index is -0.112. The highest BCUT2D eigenvalue weighted by Gasteiger charge is 2.26. The summed E-state index contributed by atoms with van der Waals surface area (Å²) < 4.78 is 7.66. The molecular weight excluding hydrogens is 412 g/mol. The number of aldehydes is 1. The summed E-state index contributed by atoms with van der Waals surface area (Å²) in [7, 11) is 1.63. The lowest BCUT2D eigenvalue weighted by atomic mass is 9.98. The Morgan fingerprint density at radius 2 is 1.70 bits per heavy atom. The van der Waals surface area contributed by atoms with Gasteiger partial charge in [-0.15, -0.1) is 0 Å². The van der Waals surface area contributed by atoms with Gasteiger partial charge < -0.3 is 14.2 Å². The van der Waals surface area contributed by atoms with Gasteiger partial charge in [-0.25, -0.2) is 0 Å². The summed E-state index contributed by atoms with van der Waals surface area (Å²) in [6.45, 7) is 2.99. The Morgan fingerprint density at radius 1 is 0.909 bits per heavy atom. The van der Waals surface area contributed by atoms with Crippen molar-refractivity contribution >= 4 is 17.9 Å². The quantitative estimate of drug-likeness (QED) is 0.397. The van der Waals surface area contributed by atoms with Crippen LogP contribution in [0.15, 0.2) is 78.9 Å². The average Bonchev–Trinajstić information content (AvgIpc) is 3.15. The first kappa shape index (κ1) is 20.8. The molecule has 1 aliphatic heterocycles. The van der Waals surface area contributed by atoms with Gasteiger partial charge in [-0.05, 0) is 60.0 Å². The molecule has 1 aliphatic rings. The SMILES string of the molecule is COc1cc(C(=O)N2Cc3ccc(C=O)n3Cc3ccccc32)ccc1-c1ccccc1C. The van der Waals surface area contributed by atoms with Crippen LogP contribution < -0.4 is 9.64 Å². The summed E-state index contributed by atoms with van der Waals surface area (Å²) >= 11 is 0. The van der Waals surface area contributed by atoms with Crippen molar-refractivity contribution in [2.24, 2.45) is 0 Å². The Labute approximate surface area is 192 Å². The number of nitrogens with zero attached hydrogens (tertiary/aromatic N) is 2. The maximum atomic E-state index is 13.8. The third-order valence-corrected chi connectivity index (χ3v) is 6.29. The van der Waals surface area contributed by atoms with Crippen LogP contribution in [0, 0.1) is 6.92 Å². The van der Waals surface area contributed by atoms with Gasteiger partial charge in [-0.1, -0.05) is 42.5 Å². The molecule has 164 valence electrons. The molecule has 0 N–H and O–H groups in total. The highest BCUT2D eigenvalue weighted by Crippen LogP contribution is 2.35. The van der Waals surface area contributed by atoms with Crippen molar-refractivity contribution in [2.45, 2.75) is 20.0 Å². The third-order valence-electron chi connectivity index (χ3n) is 6.29. The predicted molar refractivity (Wildman–Crippen MR) is 129 cm³/mol. The fourth-order valence-corrected chi connectivity index (χ4v) is 4.55. The van der Waals surface area contributed by atoms with E-state index < -0.39 is 0 Å². The number of hydrogen-bond donors (Lipinski definition) is 0. The van der Waals surface area contributed by atoms with Crippen LogP contribution in [0.3, 0.4) is 0 Å². The molecule has 0 unspecified atom stereocenters. The molecule has 5 heteroatoms. The maximum absolute atomic E-state index is 13.8. The summed E-state index contributed by atoms with van der Waals surface area (Å²) in [4.78, 5) is 27.1. The number of benzene rings is 3. The van der Waals surface area contributed by atoms with Crippen molar-refractivity contribution in [3.63, 3.8) is 0 Å². The van der Waals surface area contributed by atoms with E-state index in [2.05, 4.69) is 19.1 Å². The molecule has 5 rings (SSSR count). The average molecular weight is 437 g/mol. The van der Waals surface area contributed by atoms with E-state index in [9.17, 15) is 9.59 Å². The zero-order valence-corrected chi connectivity index (χ0v) is 18.6. The molecule has 0 saturated carbocycles. The second-order valence-corrected chi connectivity index (χ2v) is 8.20. The third kappa shape index (κ3) is 3.61. The number of methoxy groups -OCH3 is 1. The van der Waals surface area contributed by atoms with E-state index in [1.807, 2.05) is 65.2 Å². The molecule has 0 aliphatic carbocycles. The Hall–Kier alpha value is -4.12. The Balaban J connectivity index is 1.57. The van der Waals surface area contributed by atoms with Crippen LogP contribution in [-0.4, -0.2) is 23.9 Å². The molecule has 0 bridgehead atoms. The van der Waals surface area contributed by atoms with Crippen LogP contribution in [0.2, 0.25) is 0 Å². The van der Waals surface area contributed by atoms with Crippen molar-refractivity contribution in [1.29, 1.82) is 0 Å². The molecule has 4 aromatic rings. The summed E-state index contributed by atoms with van der Waals surface area (Å²) in [5, 5.41) is 0. The van der Waals surface area contributed by atoms with Crippen LogP contribution in [0.25, 0.3) is 11.1 Å². The van der Waals surface area contributed by atoms with E-state index in [0.717, 1.165) is 39.9 Å². The monoisotopic (exact) mass is 436 g/mol. The van der Waals surface area contributed by atoms with Crippen LogP contribution in [-0.2, 0) is 13.1 Å². The molecule has 0 radical (unpaired) electrons. The van der Waals surface area contributed by atoms with Crippen molar-refractivity contribution in [2.75, 3.05) is 12.0 Å². The highest BCUT2D eigenvalue weighted by molar-refractivity contribution is 6.07. The van der Waals surface area contributed by atoms with E-state index >= 15 is 0 Å². The highest BCUT2D eigenvalue weighted by atomic mass is 16.5. The Bertz CT molecular complexity index is 1370. The first-order valence-corrected chi connectivity index (χ1v) is 10.9. The molecule has 5 nitrogen and oxygen atoms in total. The lowest BCUT2D eigenvalue weighted by Crippen LogP contribution is -2.30. The van der Waals surface area contributed by atoms with Gasteiger partial charge in [0.1, 0.15) is 5.75 Å². The van der Waals surface area contributed by atoms with E-state index in [0.29, 0.717) is 30.1 Å². The van der Waals surface area contributed by atoms with Gasteiger partial charge in [0.25, 0.3) is 5.91 Å². The summed E-state index contributed by atoms with van der Waals surface area (Å²) in [6, 6.07) is 25.3. The van der Waals surface area contributed by atoms with Gasteiger partial charge in [0, 0.05) is 22.5 Å². The summed E-state index contributed by atoms with van der Waals surface area (Å²) in [6.07, 6.45) is 0.860. The number of carbonyl (C=O) groups excluding carboxylic acids is 2. The largest absolute Gasteiger partial charge is 0.496 e. The second-order valence-electron chi connectivity index (χ2n) is 8.20.